The summed E-state index contributed by atoms with van der Waals surface area (Å²) in [6.45, 7) is -0.635. The molecule has 0 bridgehead atoms. The molecule has 9 nitrogen and oxygen atoms in total. The number of carboxylic acid groups (broad SMARTS) is 1. The molecule has 0 aliphatic carbocycles. The highest BCUT2D eigenvalue weighted by atomic mass is 19.3. The van der Waals surface area contributed by atoms with Gasteiger partial charge >= 0.3 is 11.9 Å². The molecule has 0 radical (unpaired) electrons. The number of anilines is 4. The van der Waals surface area contributed by atoms with Crippen LogP contribution in [0.2, 0.25) is 0 Å². The highest BCUT2D eigenvalue weighted by molar-refractivity contribution is 6.02. The first-order chi connectivity index (χ1) is 16.7. The van der Waals surface area contributed by atoms with Crippen LogP contribution in [0.25, 0.3) is 0 Å². The molecule has 0 spiro atoms. The van der Waals surface area contributed by atoms with Crippen LogP contribution in [0.4, 0.5) is 31.9 Å². The number of rotatable bonds is 7. The van der Waals surface area contributed by atoms with Gasteiger partial charge in [0.15, 0.2) is 5.82 Å². The van der Waals surface area contributed by atoms with Gasteiger partial charge in [-0.05, 0) is 30.2 Å². The van der Waals surface area contributed by atoms with Crippen LogP contribution in [-0.4, -0.2) is 60.1 Å². The Kier molecular flexibility index (Phi) is 6.50. The summed E-state index contributed by atoms with van der Waals surface area (Å²) in [4.78, 5) is 34.5. The van der Waals surface area contributed by atoms with Gasteiger partial charge < -0.3 is 25.0 Å². The predicted molar refractivity (Wildman–Crippen MR) is 126 cm³/mol. The zero-order chi connectivity index (χ0) is 25.2. The fraction of sp³-hybridized carbons (Fsp3) is 0.250. The van der Waals surface area contributed by atoms with Crippen LogP contribution in [-0.2, 0) is 11.2 Å². The molecule has 11 heteroatoms. The number of nitrogens with zero attached hydrogens (tertiary/aromatic N) is 4. The highest BCUT2D eigenvalue weighted by Gasteiger charge is 2.47. The third kappa shape index (κ3) is 4.98. The SMILES string of the molecule is COc1cc(C(=O)O)ccc1Nc1ncc2c(n1)N(CCc1ccccc1)CC(F)(F)C(=O)N2C. The fourth-order valence-corrected chi connectivity index (χ4v) is 3.77. The van der Waals surface area contributed by atoms with Crippen molar-refractivity contribution < 1.29 is 28.2 Å². The molecular weight excluding hydrogens is 460 g/mol. The predicted octanol–water partition coefficient (Wildman–Crippen LogP) is 3.59. The first-order valence-corrected chi connectivity index (χ1v) is 10.7. The van der Waals surface area contributed by atoms with E-state index in [2.05, 4.69) is 15.3 Å². The minimum atomic E-state index is -3.62. The third-order valence-electron chi connectivity index (χ3n) is 5.63. The monoisotopic (exact) mass is 483 g/mol. The molecule has 35 heavy (non-hydrogen) atoms. The number of carbonyl (C=O) groups is 2. The molecule has 0 atom stereocenters. The quantitative estimate of drug-likeness (QED) is 0.525. The summed E-state index contributed by atoms with van der Waals surface area (Å²) in [5.41, 5.74) is 1.53. The molecule has 2 aromatic carbocycles. The van der Waals surface area contributed by atoms with Crippen molar-refractivity contribution in [3.05, 3.63) is 65.9 Å². The van der Waals surface area contributed by atoms with E-state index < -0.39 is 24.3 Å². The Labute approximate surface area is 200 Å². The van der Waals surface area contributed by atoms with Crippen LogP contribution >= 0.6 is 0 Å². The number of fused-ring (bicyclic) bond motifs is 1. The zero-order valence-electron chi connectivity index (χ0n) is 19.0. The fourth-order valence-electron chi connectivity index (χ4n) is 3.77. The lowest BCUT2D eigenvalue weighted by atomic mass is 10.1. The van der Waals surface area contributed by atoms with E-state index in [1.54, 1.807) is 0 Å². The maximum absolute atomic E-state index is 14.7. The van der Waals surface area contributed by atoms with Crippen LogP contribution in [0.15, 0.2) is 54.7 Å². The van der Waals surface area contributed by atoms with Gasteiger partial charge in [-0.15, -0.1) is 0 Å². The second-order valence-electron chi connectivity index (χ2n) is 7.97. The Hall–Kier alpha value is -4.28. The number of hydrogen-bond acceptors (Lipinski definition) is 7. The van der Waals surface area contributed by atoms with Gasteiger partial charge in [-0.25, -0.2) is 9.78 Å². The molecular formula is C24H23F2N5O4. The molecule has 2 N–H and O–H groups in total. The first kappa shape index (κ1) is 23.9. The summed E-state index contributed by atoms with van der Waals surface area (Å²) in [6.07, 6.45) is 1.77. The molecule has 4 rings (SSSR count). The van der Waals surface area contributed by atoms with Crippen LogP contribution in [0.3, 0.4) is 0 Å². The van der Waals surface area contributed by atoms with E-state index in [4.69, 9.17) is 4.74 Å². The van der Waals surface area contributed by atoms with Crippen LogP contribution < -0.4 is 19.9 Å². The van der Waals surface area contributed by atoms with Gasteiger partial charge in [0.2, 0.25) is 5.95 Å². The lowest BCUT2D eigenvalue weighted by molar-refractivity contribution is -0.140. The van der Waals surface area contributed by atoms with Crippen molar-refractivity contribution >= 4 is 35.0 Å². The van der Waals surface area contributed by atoms with Crippen LogP contribution in [0, 0.1) is 0 Å². The molecule has 1 amide bonds. The summed E-state index contributed by atoms with van der Waals surface area (Å²) in [7, 11) is 2.65. The Morgan fingerprint density at radius 1 is 1.23 bits per heavy atom. The number of ether oxygens (including phenoxy) is 1. The molecule has 2 heterocycles. The van der Waals surface area contributed by atoms with Gasteiger partial charge in [0, 0.05) is 13.6 Å². The number of halogens is 2. The number of amides is 1. The number of aromatic carboxylic acids is 1. The van der Waals surface area contributed by atoms with Gasteiger partial charge in [-0.1, -0.05) is 30.3 Å². The normalized spacial score (nSPS) is 14.8. The molecule has 182 valence electrons. The highest BCUT2D eigenvalue weighted by Crippen LogP contribution is 2.36. The Balaban J connectivity index is 1.69. The van der Waals surface area contributed by atoms with Crippen LogP contribution in [0.1, 0.15) is 15.9 Å². The van der Waals surface area contributed by atoms with E-state index in [0.29, 0.717) is 12.1 Å². The number of alkyl halides is 2. The largest absolute Gasteiger partial charge is 0.495 e. The zero-order valence-corrected chi connectivity index (χ0v) is 19.0. The third-order valence-corrected chi connectivity index (χ3v) is 5.63. The Bertz CT molecular complexity index is 1260. The molecule has 3 aromatic rings. The molecule has 0 unspecified atom stereocenters. The smallest absolute Gasteiger partial charge is 0.342 e. The summed E-state index contributed by atoms with van der Waals surface area (Å²) in [5.74, 6) is -5.58. The minimum Gasteiger partial charge on any atom is -0.495 e. The number of carbonyl (C=O) groups excluding carboxylic acids is 1. The van der Waals surface area contributed by atoms with Crippen LogP contribution in [0.5, 0.6) is 5.75 Å². The summed E-state index contributed by atoms with van der Waals surface area (Å²) < 4.78 is 34.7. The lowest BCUT2D eigenvalue weighted by Crippen LogP contribution is -2.46. The molecule has 0 saturated heterocycles. The maximum atomic E-state index is 14.7. The summed E-state index contributed by atoms with van der Waals surface area (Å²) in [6, 6.07) is 13.6. The van der Waals surface area contributed by atoms with Gasteiger partial charge in [0.05, 0.1) is 31.1 Å². The van der Waals surface area contributed by atoms with Gasteiger partial charge in [0.1, 0.15) is 11.4 Å². The number of hydrogen-bond donors (Lipinski definition) is 2. The van der Waals surface area contributed by atoms with E-state index in [9.17, 15) is 23.5 Å². The topological polar surface area (TPSA) is 108 Å². The molecule has 1 aliphatic heterocycles. The van der Waals surface area contributed by atoms with E-state index in [-0.39, 0.29) is 35.3 Å². The van der Waals surface area contributed by atoms with Crippen molar-refractivity contribution in [3.63, 3.8) is 0 Å². The molecule has 1 aromatic heterocycles. The van der Waals surface area contributed by atoms with E-state index >= 15 is 0 Å². The maximum Gasteiger partial charge on any atom is 0.342 e. The van der Waals surface area contributed by atoms with Crippen molar-refractivity contribution in [1.29, 1.82) is 0 Å². The second-order valence-corrected chi connectivity index (χ2v) is 7.97. The van der Waals surface area contributed by atoms with Crippen molar-refractivity contribution in [1.82, 2.24) is 9.97 Å². The van der Waals surface area contributed by atoms with Gasteiger partial charge in [0.25, 0.3) is 5.91 Å². The first-order valence-electron chi connectivity index (χ1n) is 10.7. The van der Waals surface area contributed by atoms with Crippen molar-refractivity contribution in [2.24, 2.45) is 0 Å². The average molecular weight is 483 g/mol. The van der Waals surface area contributed by atoms with Crippen molar-refractivity contribution in [2.75, 3.05) is 42.4 Å². The molecule has 0 fully saturated rings. The van der Waals surface area contributed by atoms with Gasteiger partial charge in [-0.2, -0.15) is 13.8 Å². The van der Waals surface area contributed by atoms with Crippen molar-refractivity contribution in [2.45, 2.75) is 12.3 Å². The number of benzene rings is 2. The number of nitrogens with one attached hydrogen (secondary N) is 1. The van der Waals surface area contributed by atoms with Crippen molar-refractivity contribution in [3.8, 4) is 5.75 Å². The number of carboxylic acids is 1. The minimum absolute atomic E-state index is 0.0321. The molecule has 0 saturated carbocycles. The standard InChI is InChI=1S/C24H23F2N5O4/c1-30-18-13-27-23(28-17-9-8-16(21(32)33)12-19(17)35-2)29-20(18)31(14-24(25,26)22(30)34)11-10-15-6-4-3-5-7-15/h3-9,12-13H,10-11,14H2,1-2H3,(H,32,33)(H,27,28,29). The number of aromatic nitrogens is 2. The Morgan fingerprint density at radius 3 is 2.66 bits per heavy atom. The van der Waals surface area contributed by atoms with Gasteiger partial charge in [-0.3, -0.25) is 4.79 Å². The molecule has 1 aliphatic rings. The lowest BCUT2D eigenvalue weighted by Gasteiger charge is -2.25. The van der Waals surface area contributed by atoms with E-state index in [1.165, 1.54) is 43.5 Å². The summed E-state index contributed by atoms with van der Waals surface area (Å²) in [5, 5.41) is 12.1. The second kappa shape index (κ2) is 9.53. The average Bonchev–Trinajstić information content (AvgIpc) is 2.92. The Morgan fingerprint density at radius 2 is 1.97 bits per heavy atom. The van der Waals surface area contributed by atoms with E-state index in [1.807, 2.05) is 30.3 Å². The summed E-state index contributed by atoms with van der Waals surface area (Å²) >= 11 is 0. The van der Waals surface area contributed by atoms with E-state index in [0.717, 1.165) is 10.5 Å². The number of methoxy groups -OCH3 is 1.